The van der Waals surface area contributed by atoms with E-state index in [2.05, 4.69) is 24.0 Å². The Hall–Kier alpha value is -2.92. The molecule has 0 unspecified atom stereocenters. The number of rotatable bonds is 6. The largest absolute Gasteiger partial charge is 0.422 e. The standard InChI is InChI=1S/C27H32N2O3/c1-4-14-29(18-22-17-25(30)32-26-20(3)19(2)10-11-24(22)26)23-12-15-28(16-13-23)27(31)21-8-6-5-7-9-21/h5-11,17,23H,4,12-16,18H2,1-3H3. The molecule has 2 aromatic carbocycles. The number of nitrogens with zero attached hydrogens (tertiary/aromatic N) is 2. The third kappa shape index (κ3) is 4.63. The number of hydrogen-bond acceptors (Lipinski definition) is 4. The zero-order valence-corrected chi connectivity index (χ0v) is 19.3. The molecule has 0 N–H and O–H groups in total. The molecular formula is C27H32N2O3. The quantitative estimate of drug-likeness (QED) is 0.519. The lowest BCUT2D eigenvalue weighted by Gasteiger charge is -2.38. The van der Waals surface area contributed by atoms with E-state index in [9.17, 15) is 9.59 Å². The first-order valence-corrected chi connectivity index (χ1v) is 11.6. The van der Waals surface area contributed by atoms with Crippen LogP contribution in [0, 0.1) is 13.8 Å². The molecular weight excluding hydrogens is 400 g/mol. The van der Waals surface area contributed by atoms with Gasteiger partial charge in [-0.15, -0.1) is 0 Å². The lowest BCUT2D eigenvalue weighted by atomic mass is 9.99. The van der Waals surface area contributed by atoms with Gasteiger partial charge in [0, 0.05) is 42.7 Å². The molecule has 4 rings (SSSR count). The summed E-state index contributed by atoms with van der Waals surface area (Å²) in [5.41, 5.74) is 4.34. The average Bonchev–Trinajstić information content (AvgIpc) is 2.81. The molecule has 1 amide bonds. The molecule has 168 valence electrons. The van der Waals surface area contributed by atoms with Crippen LogP contribution in [0.3, 0.4) is 0 Å². The fourth-order valence-corrected chi connectivity index (χ4v) is 4.75. The minimum Gasteiger partial charge on any atom is -0.422 e. The molecule has 2 heterocycles. The normalized spacial score (nSPS) is 14.9. The van der Waals surface area contributed by atoms with Gasteiger partial charge in [-0.3, -0.25) is 9.69 Å². The first-order valence-electron chi connectivity index (χ1n) is 11.6. The Bertz CT molecular complexity index is 1140. The SMILES string of the molecule is CCCN(Cc1cc(=O)oc2c(C)c(C)ccc12)C1CCN(C(=O)c2ccccc2)CC1. The summed E-state index contributed by atoms with van der Waals surface area (Å²) in [6.07, 6.45) is 2.92. The minimum absolute atomic E-state index is 0.114. The summed E-state index contributed by atoms with van der Waals surface area (Å²) in [7, 11) is 0. The average molecular weight is 433 g/mol. The van der Waals surface area contributed by atoms with Crippen molar-refractivity contribution in [1.29, 1.82) is 0 Å². The minimum atomic E-state index is -0.291. The third-order valence-corrected chi connectivity index (χ3v) is 6.69. The second kappa shape index (κ2) is 9.70. The van der Waals surface area contributed by atoms with Crippen molar-refractivity contribution >= 4 is 16.9 Å². The fourth-order valence-electron chi connectivity index (χ4n) is 4.75. The topological polar surface area (TPSA) is 53.8 Å². The van der Waals surface area contributed by atoms with Crippen molar-refractivity contribution in [3.05, 3.63) is 81.2 Å². The van der Waals surface area contributed by atoms with E-state index in [-0.39, 0.29) is 11.5 Å². The Morgan fingerprint density at radius 3 is 2.50 bits per heavy atom. The van der Waals surface area contributed by atoms with Gasteiger partial charge in [0.05, 0.1) is 0 Å². The number of carbonyl (C=O) groups excluding carboxylic acids is 1. The van der Waals surface area contributed by atoms with E-state index in [1.807, 2.05) is 49.1 Å². The summed E-state index contributed by atoms with van der Waals surface area (Å²) in [5, 5.41) is 1.02. The van der Waals surface area contributed by atoms with E-state index in [0.717, 1.165) is 73.1 Å². The van der Waals surface area contributed by atoms with Gasteiger partial charge in [-0.05, 0) is 68.5 Å². The molecule has 0 saturated carbocycles. The van der Waals surface area contributed by atoms with Crippen molar-refractivity contribution in [3.8, 4) is 0 Å². The van der Waals surface area contributed by atoms with E-state index in [4.69, 9.17) is 4.42 Å². The Balaban J connectivity index is 1.51. The van der Waals surface area contributed by atoms with E-state index >= 15 is 0 Å². The highest BCUT2D eigenvalue weighted by Gasteiger charge is 2.27. The van der Waals surface area contributed by atoms with Crippen LogP contribution in [0.1, 0.15) is 53.2 Å². The van der Waals surface area contributed by atoms with Crippen molar-refractivity contribution in [3.63, 3.8) is 0 Å². The van der Waals surface area contributed by atoms with Crippen LogP contribution in [0.2, 0.25) is 0 Å². The number of hydrogen-bond donors (Lipinski definition) is 0. The van der Waals surface area contributed by atoms with Crippen LogP contribution in [0.25, 0.3) is 11.0 Å². The maximum Gasteiger partial charge on any atom is 0.336 e. The number of carbonyl (C=O) groups is 1. The van der Waals surface area contributed by atoms with Crippen molar-refractivity contribution in [2.75, 3.05) is 19.6 Å². The monoisotopic (exact) mass is 432 g/mol. The van der Waals surface area contributed by atoms with Gasteiger partial charge in [0.1, 0.15) is 5.58 Å². The molecule has 5 heteroatoms. The summed E-state index contributed by atoms with van der Waals surface area (Å²) >= 11 is 0. The zero-order valence-electron chi connectivity index (χ0n) is 19.3. The van der Waals surface area contributed by atoms with Gasteiger partial charge in [-0.1, -0.05) is 37.3 Å². The lowest BCUT2D eigenvalue weighted by Crippen LogP contribution is -2.46. The van der Waals surface area contributed by atoms with E-state index in [1.165, 1.54) is 0 Å². The Morgan fingerprint density at radius 1 is 1.09 bits per heavy atom. The molecule has 0 spiro atoms. The number of aryl methyl sites for hydroxylation is 2. The molecule has 1 saturated heterocycles. The summed E-state index contributed by atoms with van der Waals surface area (Å²) < 4.78 is 5.57. The molecule has 0 radical (unpaired) electrons. The van der Waals surface area contributed by atoms with Gasteiger partial charge >= 0.3 is 5.63 Å². The predicted octanol–water partition coefficient (Wildman–Crippen LogP) is 4.93. The van der Waals surface area contributed by atoms with Crippen molar-refractivity contribution < 1.29 is 9.21 Å². The van der Waals surface area contributed by atoms with E-state index in [1.54, 1.807) is 6.07 Å². The summed E-state index contributed by atoms with van der Waals surface area (Å²) in [4.78, 5) is 29.6. The van der Waals surface area contributed by atoms with Crippen molar-refractivity contribution in [2.45, 2.75) is 52.6 Å². The molecule has 1 fully saturated rings. The van der Waals surface area contributed by atoms with Crippen LogP contribution in [0.15, 0.2) is 57.7 Å². The van der Waals surface area contributed by atoms with E-state index < -0.39 is 0 Å². The Labute approximate surface area is 189 Å². The third-order valence-electron chi connectivity index (χ3n) is 6.69. The van der Waals surface area contributed by atoms with Gasteiger partial charge in [0.25, 0.3) is 5.91 Å². The summed E-state index contributed by atoms with van der Waals surface area (Å²) in [5.74, 6) is 0.114. The van der Waals surface area contributed by atoms with Crippen molar-refractivity contribution in [2.24, 2.45) is 0 Å². The smallest absolute Gasteiger partial charge is 0.336 e. The van der Waals surface area contributed by atoms with Crippen LogP contribution in [0.5, 0.6) is 0 Å². The molecule has 0 bridgehead atoms. The second-order valence-electron chi connectivity index (χ2n) is 8.83. The highest BCUT2D eigenvalue weighted by atomic mass is 16.4. The molecule has 0 aliphatic carbocycles. The first kappa shape index (κ1) is 22.3. The predicted molar refractivity (Wildman–Crippen MR) is 128 cm³/mol. The zero-order chi connectivity index (χ0) is 22.7. The molecule has 32 heavy (non-hydrogen) atoms. The molecule has 5 nitrogen and oxygen atoms in total. The molecule has 1 aliphatic rings. The highest BCUT2D eigenvalue weighted by molar-refractivity contribution is 5.94. The first-order chi connectivity index (χ1) is 15.5. The molecule has 1 aromatic heterocycles. The number of benzene rings is 2. The maximum absolute atomic E-state index is 12.8. The second-order valence-corrected chi connectivity index (χ2v) is 8.83. The summed E-state index contributed by atoms with van der Waals surface area (Å²) in [6.45, 7) is 9.43. The molecule has 3 aromatic rings. The van der Waals surface area contributed by atoms with Crippen LogP contribution >= 0.6 is 0 Å². The lowest BCUT2D eigenvalue weighted by molar-refractivity contribution is 0.0607. The highest BCUT2D eigenvalue weighted by Crippen LogP contribution is 2.26. The number of piperidine rings is 1. The summed E-state index contributed by atoms with van der Waals surface area (Å²) in [6, 6.07) is 15.7. The number of likely N-dealkylation sites (tertiary alicyclic amines) is 1. The maximum atomic E-state index is 12.8. The van der Waals surface area contributed by atoms with Gasteiger partial charge < -0.3 is 9.32 Å². The number of amides is 1. The van der Waals surface area contributed by atoms with Crippen LogP contribution in [-0.2, 0) is 6.54 Å². The fraction of sp³-hybridized carbons (Fsp3) is 0.407. The Morgan fingerprint density at radius 2 is 1.81 bits per heavy atom. The van der Waals surface area contributed by atoms with Crippen LogP contribution in [0.4, 0.5) is 0 Å². The van der Waals surface area contributed by atoms with Gasteiger partial charge in [0.15, 0.2) is 0 Å². The molecule has 0 atom stereocenters. The van der Waals surface area contributed by atoms with Crippen LogP contribution in [-0.4, -0.2) is 41.4 Å². The molecule has 1 aliphatic heterocycles. The Kier molecular flexibility index (Phi) is 6.75. The van der Waals surface area contributed by atoms with Crippen LogP contribution < -0.4 is 5.63 Å². The number of fused-ring (bicyclic) bond motifs is 1. The van der Waals surface area contributed by atoms with Gasteiger partial charge in [-0.2, -0.15) is 0 Å². The van der Waals surface area contributed by atoms with Crippen molar-refractivity contribution in [1.82, 2.24) is 9.80 Å². The van der Waals surface area contributed by atoms with E-state index in [0.29, 0.717) is 11.6 Å². The van der Waals surface area contributed by atoms with Gasteiger partial charge in [0.2, 0.25) is 0 Å². The van der Waals surface area contributed by atoms with Gasteiger partial charge in [-0.25, -0.2) is 4.79 Å².